The Labute approximate surface area is 174 Å². The molecule has 1 aromatic carbocycles. The molecular formula is C21H24N8O. The van der Waals surface area contributed by atoms with Crippen molar-refractivity contribution < 1.29 is 4.42 Å². The lowest BCUT2D eigenvalue weighted by Gasteiger charge is -2.20. The second kappa shape index (κ2) is 9.08. The molecule has 0 spiro atoms. The van der Waals surface area contributed by atoms with E-state index in [1.165, 1.54) is 0 Å². The Morgan fingerprint density at radius 2 is 2.03 bits per heavy atom. The molecule has 154 valence electrons. The zero-order valence-corrected chi connectivity index (χ0v) is 17.0. The van der Waals surface area contributed by atoms with Crippen molar-refractivity contribution >= 4 is 5.96 Å². The molecule has 0 aliphatic carbocycles. The summed E-state index contributed by atoms with van der Waals surface area (Å²) in [6.45, 7) is 3.75. The molecule has 3 aromatic heterocycles. The number of furan rings is 1. The Bertz CT molecular complexity index is 1080. The van der Waals surface area contributed by atoms with Gasteiger partial charge in [-0.2, -0.15) is 0 Å². The average molecular weight is 404 g/mol. The van der Waals surface area contributed by atoms with Gasteiger partial charge in [-0.1, -0.05) is 30.3 Å². The first-order valence-electron chi connectivity index (χ1n) is 9.77. The molecule has 3 N–H and O–H groups in total. The number of nitrogens with one attached hydrogen (secondary N) is 3. The average Bonchev–Trinajstić information content (AvgIpc) is 3.53. The van der Waals surface area contributed by atoms with Crippen LogP contribution in [0.3, 0.4) is 0 Å². The highest BCUT2D eigenvalue weighted by Crippen LogP contribution is 2.17. The van der Waals surface area contributed by atoms with Crippen LogP contribution in [0.1, 0.15) is 18.6 Å². The lowest BCUT2D eigenvalue weighted by Crippen LogP contribution is -2.38. The van der Waals surface area contributed by atoms with Crippen LogP contribution >= 0.6 is 0 Å². The summed E-state index contributed by atoms with van der Waals surface area (Å²) in [7, 11) is 1.97. The molecule has 0 unspecified atom stereocenters. The first kappa shape index (κ1) is 19.4. The van der Waals surface area contributed by atoms with Gasteiger partial charge in [0.15, 0.2) is 11.7 Å². The van der Waals surface area contributed by atoms with Crippen LogP contribution in [-0.2, 0) is 13.1 Å². The minimum atomic E-state index is 0.369. The van der Waals surface area contributed by atoms with Crippen molar-refractivity contribution in [3.63, 3.8) is 0 Å². The number of aliphatic imine (C=N–C) groups is 1. The van der Waals surface area contributed by atoms with E-state index in [0.717, 1.165) is 29.6 Å². The highest BCUT2D eigenvalue weighted by Gasteiger charge is 2.12. The third-order valence-electron chi connectivity index (χ3n) is 4.45. The fourth-order valence-electron chi connectivity index (χ4n) is 3.01. The maximum atomic E-state index is 5.32. The number of benzene rings is 1. The highest BCUT2D eigenvalue weighted by atomic mass is 16.3. The minimum Gasteiger partial charge on any atom is -0.461 e. The van der Waals surface area contributed by atoms with Gasteiger partial charge in [-0.15, -0.1) is 5.10 Å². The van der Waals surface area contributed by atoms with Crippen molar-refractivity contribution in [1.82, 2.24) is 35.4 Å². The number of nitrogens with zero attached hydrogens (tertiary/aromatic N) is 5. The molecule has 4 aromatic rings. The van der Waals surface area contributed by atoms with Crippen molar-refractivity contribution in [2.75, 3.05) is 13.6 Å². The van der Waals surface area contributed by atoms with E-state index >= 15 is 0 Å². The molecule has 0 atom stereocenters. The molecule has 0 fully saturated rings. The second-order valence-corrected chi connectivity index (χ2v) is 6.72. The van der Waals surface area contributed by atoms with Gasteiger partial charge in [0.25, 0.3) is 0 Å². The van der Waals surface area contributed by atoms with Gasteiger partial charge in [0.2, 0.25) is 5.82 Å². The highest BCUT2D eigenvalue weighted by molar-refractivity contribution is 5.79. The summed E-state index contributed by atoms with van der Waals surface area (Å²) in [5.41, 5.74) is 2.10. The number of hydrogen-bond donors (Lipinski definition) is 3. The molecule has 0 saturated heterocycles. The Morgan fingerprint density at radius 1 is 1.17 bits per heavy atom. The predicted molar refractivity (Wildman–Crippen MR) is 114 cm³/mol. The Kier molecular flexibility index (Phi) is 5.88. The van der Waals surface area contributed by atoms with Crippen molar-refractivity contribution in [3.05, 3.63) is 66.6 Å². The van der Waals surface area contributed by atoms with Crippen LogP contribution < -0.4 is 5.32 Å². The maximum Gasteiger partial charge on any atom is 0.216 e. The zero-order chi connectivity index (χ0) is 20.8. The molecule has 4 rings (SSSR count). The third kappa shape index (κ3) is 4.57. The molecule has 0 saturated carbocycles. The molecule has 0 aliphatic heterocycles. The number of rotatable bonds is 7. The van der Waals surface area contributed by atoms with Crippen LogP contribution in [-0.4, -0.2) is 49.6 Å². The van der Waals surface area contributed by atoms with E-state index in [1.54, 1.807) is 12.3 Å². The summed E-state index contributed by atoms with van der Waals surface area (Å²) < 4.78 is 5.32. The minimum absolute atomic E-state index is 0.369. The standard InChI is InChI=1S/C21H24N8O/c1-3-22-21(24-13-18-26-20(28-27-18)17-10-7-11-30-17)29(2)14-19-23-12-16(25-19)15-8-5-4-6-9-15/h4-12H,3,13-14H2,1-2H3,(H,22,24)(H,23,25)(H,26,27,28). The van der Waals surface area contributed by atoms with E-state index in [9.17, 15) is 0 Å². The molecule has 0 aliphatic rings. The van der Waals surface area contributed by atoms with Crippen LogP contribution in [0.15, 0.2) is 64.3 Å². The van der Waals surface area contributed by atoms with Gasteiger partial charge in [-0.05, 0) is 24.6 Å². The Hall–Kier alpha value is -3.88. The van der Waals surface area contributed by atoms with Crippen molar-refractivity contribution in [2.45, 2.75) is 20.0 Å². The van der Waals surface area contributed by atoms with Gasteiger partial charge in [-0.3, -0.25) is 5.10 Å². The van der Waals surface area contributed by atoms with Gasteiger partial charge in [0.1, 0.15) is 18.2 Å². The SMILES string of the molecule is CCNC(=NCc1nc(-c2ccco2)n[nH]1)N(C)Cc1ncc(-c2ccccc2)[nH]1. The lowest BCUT2D eigenvalue weighted by molar-refractivity contribution is 0.463. The molecule has 9 heteroatoms. The van der Waals surface area contributed by atoms with E-state index in [-0.39, 0.29) is 0 Å². The number of aromatic nitrogens is 5. The van der Waals surface area contributed by atoms with Gasteiger partial charge < -0.3 is 19.6 Å². The van der Waals surface area contributed by atoms with Crippen molar-refractivity contribution in [3.8, 4) is 22.8 Å². The third-order valence-corrected chi connectivity index (χ3v) is 4.45. The quantitative estimate of drug-likeness (QED) is 0.322. The van der Waals surface area contributed by atoms with Crippen molar-refractivity contribution in [2.24, 2.45) is 4.99 Å². The van der Waals surface area contributed by atoms with E-state index < -0.39 is 0 Å². The summed E-state index contributed by atoms with van der Waals surface area (Å²) in [6, 6.07) is 13.8. The zero-order valence-electron chi connectivity index (χ0n) is 17.0. The van der Waals surface area contributed by atoms with Gasteiger partial charge in [-0.25, -0.2) is 15.0 Å². The Morgan fingerprint density at radius 3 is 2.80 bits per heavy atom. The monoisotopic (exact) mass is 404 g/mol. The van der Waals surface area contributed by atoms with E-state index in [0.29, 0.717) is 30.5 Å². The summed E-state index contributed by atoms with van der Waals surface area (Å²) in [4.78, 5) is 19.0. The van der Waals surface area contributed by atoms with Crippen LogP contribution in [0.25, 0.3) is 22.8 Å². The maximum absolute atomic E-state index is 5.32. The summed E-state index contributed by atoms with van der Waals surface area (Å²) in [5.74, 6) is 3.42. The molecule has 0 radical (unpaired) electrons. The van der Waals surface area contributed by atoms with E-state index in [4.69, 9.17) is 4.42 Å². The lowest BCUT2D eigenvalue weighted by atomic mass is 10.2. The second-order valence-electron chi connectivity index (χ2n) is 6.72. The number of aromatic amines is 2. The fourth-order valence-corrected chi connectivity index (χ4v) is 3.01. The molecule has 0 amide bonds. The Balaban J connectivity index is 1.42. The molecular weight excluding hydrogens is 380 g/mol. The number of guanidine groups is 1. The van der Waals surface area contributed by atoms with E-state index in [1.807, 2.05) is 49.3 Å². The fraction of sp³-hybridized carbons (Fsp3) is 0.238. The van der Waals surface area contributed by atoms with Crippen LogP contribution in [0, 0.1) is 0 Å². The van der Waals surface area contributed by atoms with Crippen molar-refractivity contribution in [1.29, 1.82) is 0 Å². The molecule has 3 heterocycles. The van der Waals surface area contributed by atoms with Crippen LogP contribution in [0.2, 0.25) is 0 Å². The number of hydrogen-bond acceptors (Lipinski definition) is 5. The van der Waals surface area contributed by atoms with Crippen LogP contribution in [0.4, 0.5) is 0 Å². The largest absolute Gasteiger partial charge is 0.461 e. The van der Waals surface area contributed by atoms with Gasteiger partial charge in [0, 0.05) is 13.6 Å². The first-order chi connectivity index (χ1) is 14.7. The smallest absolute Gasteiger partial charge is 0.216 e. The number of H-pyrrole nitrogens is 2. The summed E-state index contributed by atoms with van der Waals surface area (Å²) in [5, 5.41) is 10.4. The number of imidazole rings is 1. The van der Waals surface area contributed by atoms with Gasteiger partial charge in [0.05, 0.1) is 24.7 Å². The predicted octanol–water partition coefficient (Wildman–Crippen LogP) is 3.05. The first-order valence-corrected chi connectivity index (χ1v) is 9.77. The normalized spacial score (nSPS) is 11.6. The summed E-state index contributed by atoms with van der Waals surface area (Å²) in [6.07, 6.45) is 3.45. The topological polar surface area (TPSA) is 111 Å². The van der Waals surface area contributed by atoms with E-state index in [2.05, 4.69) is 47.6 Å². The van der Waals surface area contributed by atoms with Gasteiger partial charge >= 0.3 is 0 Å². The molecule has 30 heavy (non-hydrogen) atoms. The van der Waals surface area contributed by atoms with Crippen LogP contribution in [0.5, 0.6) is 0 Å². The summed E-state index contributed by atoms with van der Waals surface area (Å²) >= 11 is 0. The molecule has 9 nitrogen and oxygen atoms in total. The molecule has 0 bridgehead atoms.